The summed E-state index contributed by atoms with van der Waals surface area (Å²) in [5.41, 5.74) is 2.07. The minimum absolute atomic E-state index is 0.231. The summed E-state index contributed by atoms with van der Waals surface area (Å²) in [5, 5.41) is 10.8. The Balaban J connectivity index is 1.94. The maximum atomic E-state index is 11.6. The molecule has 0 fully saturated rings. The lowest BCUT2D eigenvalue weighted by molar-refractivity contribution is 0.0603. The van der Waals surface area contributed by atoms with Crippen molar-refractivity contribution in [1.29, 1.82) is 0 Å². The molecule has 0 saturated heterocycles. The first-order valence-electron chi connectivity index (χ1n) is 7.64. The van der Waals surface area contributed by atoms with Gasteiger partial charge >= 0.3 is 5.97 Å². The number of carbonyl (C=O) groups is 1. The molecular formula is C18H22O4S. The van der Waals surface area contributed by atoms with Gasteiger partial charge in [-0.2, -0.15) is 0 Å². The predicted molar refractivity (Wildman–Crippen MR) is 91.2 cm³/mol. The molecule has 2 aromatic rings. The molecule has 0 amide bonds. The number of thiophene rings is 1. The van der Waals surface area contributed by atoms with Crippen molar-refractivity contribution in [2.24, 2.45) is 0 Å². The van der Waals surface area contributed by atoms with Crippen molar-refractivity contribution in [2.45, 2.75) is 32.3 Å². The Kier molecular flexibility index (Phi) is 6.62. The Bertz CT molecular complexity index is 618. The Morgan fingerprint density at radius 2 is 2.00 bits per heavy atom. The van der Waals surface area contributed by atoms with Crippen LogP contribution in [-0.4, -0.2) is 24.8 Å². The van der Waals surface area contributed by atoms with Crippen molar-refractivity contribution in [3.8, 4) is 5.75 Å². The molecule has 1 aromatic heterocycles. The molecule has 0 aliphatic rings. The van der Waals surface area contributed by atoms with Crippen molar-refractivity contribution < 1.29 is 19.4 Å². The van der Waals surface area contributed by atoms with E-state index in [0.717, 1.165) is 24.2 Å². The van der Waals surface area contributed by atoms with E-state index in [2.05, 4.69) is 6.92 Å². The second-order valence-corrected chi connectivity index (χ2v) is 6.31. The molecule has 1 heterocycles. The number of benzene rings is 1. The Hall–Kier alpha value is -1.85. The average molecular weight is 334 g/mol. The third-order valence-electron chi connectivity index (χ3n) is 3.76. The molecule has 1 N–H and O–H groups in total. The van der Waals surface area contributed by atoms with Gasteiger partial charge in [0.1, 0.15) is 17.2 Å². The topological polar surface area (TPSA) is 55.8 Å². The zero-order valence-corrected chi connectivity index (χ0v) is 14.3. The first-order chi connectivity index (χ1) is 11.2. The number of rotatable bonds is 8. The number of hydrogen-bond donors (Lipinski definition) is 1. The average Bonchev–Trinajstić information content (AvgIpc) is 3.06. The first-order valence-corrected chi connectivity index (χ1v) is 8.52. The highest BCUT2D eigenvalue weighted by Gasteiger charge is 2.14. The van der Waals surface area contributed by atoms with Gasteiger partial charge in [0.15, 0.2) is 0 Å². The van der Waals surface area contributed by atoms with Gasteiger partial charge in [0.2, 0.25) is 0 Å². The highest BCUT2D eigenvalue weighted by atomic mass is 32.1. The fourth-order valence-electron chi connectivity index (χ4n) is 2.34. The zero-order chi connectivity index (χ0) is 16.7. The number of esters is 1. The van der Waals surface area contributed by atoms with E-state index in [1.807, 2.05) is 35.7 Å². The third-order valence-corrected chi connectivity index (χ3v) is 4.69. The van der Waals surface area contributed by atoms with Crippen LogP contribution in [0.2, 0.25) is 0 Å². The van der Waals surface area contributed by atoms with Crippen molar-refractivity contribution in [2.75, 3.05) is 13.7 Å². The van der Waals surface area contributed by atoms with Gasteiger partial charge in [-0.15, -0.1) is 11.3 Å². The molecule has 0 aliphatic carbocycles. The molecule has 0 spiro atoms. The van der Waals surface area contributed by atoms with E-state index < -0.39 is 0 Å². The monoisotopic (exact) mass is 334 g/mol. The number of ether oxygens (including phenoxy) is 2. The minimum atomic E-state index is -0.327. The lowest BCUT2D eigenvalue weighted by Gasteiger charge is -2.12. The van der Waals surface area contributed by atoms with Crippen LogP contribution >= 0.6 is 11.3 Å². The smallest absolute Gasteiger partial charge is 0.348 e. The molecule has 2 rings (SSSR count). The second kappa shape index (κ2) is 8.70. The predicted octanol–water partition coefficient (Wildman–Crippen LogP) is 3.99. The summed E-state index contributed by atoms with van der Waals surface area (Å²) in [7, 11) is 1.38. The molecule has 0 aliphatic heterocycles. The summed E-state index contributed by atoms with van der Waals surface area (Å²) in [4.78, 5) is 12.2. The lowest BCUT2D eigenvalue weighted by atomic mass is 9.96. The standard InChI is InChI=1S/C18H22O4S/c1-13(4-3-10-19)14-5-7-16(8-6-14)22-12-15-9-11-23-17(15)18(20)21-2/h5-9,11,13,19H,3-4,10,12H2,1-2H3. The lowest BCUT2D eigenvalue weighted by Crippen LogP contribution is -2.04. The summed E-state index contributed by atoms with van der Waals surface area (Å²) < 4.78 is 10.5. The Morgan fingerprint density at radius 3 is 2.65 bits per heavy atom. The molecular weight excluding hydrogens is 312 g/mol. The Morgan fingerprint density at radius 1 is 1.26 bits per heavy atom. The van der Waals surface area contributed by atoms with Crippen molar-refractivity contribution in [3.05, 3.63) is 51.7 Å². The van der Waals surface area contributed by atoms with Gasteiger partial charge in [0.05, 0.1) is 7.11 Å². The van der Waals surface area contributed by atoms with E-state index in [1.165, 1.54) is 24.0 Å². The van der Waals surface area contributed by atoms with E-state index in [0.29, 0.717) is 17.4 Å². The van der Waals surface area contributed by atoms with Crippen LogP contribution in [0.4, 0.5) is 0 Å². The van der Waals surface area contributed by atoms with Crippen LogP contribution in [0.5, 0.6) is 5.75 Å². The van der Waals surface area contributed by atoms with Crippen molar-refractivity contribution in [3.63, 3.8) is 0 Å². The van der Waals surface area contributed by atoms with E-state index in [-0.39, 0.29) is 12.6 Å². The first kappa shape index (κ1) is 17.5. The molecule has 1 unspecified atom stereocenters. The van der Waals surface area contributed by atoms with E-state index in [9.17, 15) is 4.79 Å². The maximum absolute atomic E-state index is 11.6. The van der Waals surface area contributed by atoms with E-state index in [4.69, 9.17) is 14.6 Å². The van der Waals surface area contributed by atoms with Gasteiger partial charge in [-0.05, 0) is 47.9 Å². The molecule has 1 atom stereocenters. The zero-order valence-electron chi connectivity index (χ0n) is 13.5. The summed E-state index contributed by atoms with van der Waals surface area (Å²) in [6.07, 6.45) is 1.78. The van der Waals surface area contributed by atoms with Crippen LogP contribution in [-0.2, 0) is 11.3 Å². The number of methoxy groups -OCH3 is 1. The van der Waals surface area contributed by atoms with Gasteiger partial charge in [0.25, 0.3) is 0 Å². The molecule has 1 aromatic carbocycles. The number of carbonyl (C=O) groups excluding carboxylic acids is 1. The van der Waals surface area contributed by atoms with Gasteiger partial charge in [-0.1, -0.05) is 19.1 Å². The van der Waals surface area contributed by atoms with Gasteiger partial charge in [0, 0.05) is 12.2 Å². The fraction of sp³-hybridized carbons (Fsp3) is 0.389. The Labute approximate surface area is 140 Å². The molecule has 4 nitrogen and oxygen atoms in total. The SMILES string of the molecule is COC(=O)c1sccc1COc1ccc(C(C)CCCO)cc1. The van der Waals surface area contributed by atoms with Gasteiger partial charge in [-0.3, -0.25) is 0 Å². The van der Waals surface area contributed by atoms with Crippen LogP contribution in [0.25, 0.3) is 0 Å². The fourth-order valence-corrected chi connectivity index (χ4v) is 3.17. The van der Waals surface area contributed by atoms with Crippen LogP contribution in [0.3, 0.4) is 0 Å². The third kappa shape index (κ3) is 4.81. The van der Waals surface area contributed by atoms with Crippen molar-refractivity contribution >= 4 is 17.3 Å². The number of hydrogen-bond acceptors (Lipinski definition) is 5. The van der Waals surface area contributed by atoms with Crippen LogP contribution < -0.4 is 4.74 Å². The van der Waals surface area contributed by atoms with E-state index in [1.54, 1.807) is 0 Å². The highest BCUT2D eigenvalue weighted by molar-refractivity contribution is 7.12. The molecule has 5 heteroatoms. The molecule has 0 saturated carbocycles. The van der Waals surface area contributed by atoms with Crippen molar-refractivity contribution in [1.82, 2.24) is 0 Å². The van der Waals surface area contributed by atoms with Crippen LogP contribution in [0.15, 0.2) is 35.7 Å². The normalized spacial score (nSPS) is 12.0. The number of aliphatic hydroxyl groups excluding tert-OH is 1. The largest absolute Gasteiger partial charge is 0.489 e. The van der Waals surface area contributed by atoms with E-state index >= 15 is 0 Å². The molecule has 124 valence electrons. The molecule has 0 bridgehead atoms. The summed E-state index contributed by atoms with van der Waals surface area (Å²) in [6.45, 7) is 2.72. The maximum Gasteiger partial charge on any atom is 0.348 e. The molecule has 23 heavy (non-hydrogen) atoms. The van der Waals surface area contributed by atoms with Gasteiger partial charge in [-0.25, -0.2) is 4.79 Å². The van der Waals surface area contributed by atoms with Crippen LogP contribution in [0, 0.1) is 0 Å². The quantitative estimate of drug-likeness (QED) is 0.742. The summed E-state index contributed by atoms with van der Waals surface area (Å²) >= 11 is 1.36. The second-order valence-electron chi connectivity index (χ2n) is 5.39. The minimum Gasteiger partial charge on any atom is -0.489 e. The van der Waals surface area contributed by atoms with Gasteiger partial charge < -0.3 is 14.6 Å². The number of aliphatic hydroxyl groups is 1. The molecule has 0 radical (unpaired) electrons. The summed E-state index contributed by atoms with van der Waals surface area (Å²) in [5.74, 6) is 0.857. The van der Waals surface area contributed by atoms with Crippen LogP contribution in [0.1, 0.15) is 46.5 Å². The highest BCUT2D eigenvalue weighted by Crippen LogP contribution is 2.24. The summed E-state index contributed by atoms with van der Waals surface area (Å²) in [6, 6.07) is 9.85.